The minimum atomic E-state index is -2.07. The van der Waals surface area contributed by atoms with Crippen molar-refractivity contribution in [3.8, 4) is 0 Å². The first-order valence-electron chi connectivity index (χ1n) is 27.1. The first kappa shape index (κ1) is 69.9. The molecule has 30 atom stereocenters. The zero-order chi connectivity index (χ0) is 63.0. The van der Waals surface area contributed by atoms with E-state index in [9.17, 15) is 100 Å². The molecule has 6 fully saturated rings. The van der Waals surface area contributed by atoms with Gasteiger partial charge >= 0.3 is 0 Å². The zero-order valence-corrected chi connectivity index (χ0v) is 46.8. The van der Waals surface area contributed by atoms with Gasteiger partial charge in [-0.1, -0.05) is 0 Å². The van der Waals surface area contributed by atoms with Crippen LogP contribution in [0.1, 0.15) is 41.5 Å². The van der Waals surface area contributed by atoms with Gasteiger partial charge in [0.15, 0.2) is 37.7 Å². The molecule has 0 bridgehead atoms. The number of hydrogen-bond acceptors (Lipinski definition) is 31. The molecule has 0 radical (unpaired) electrons. The fraction of sp³-hybridized carbons (Fsp3) is 0.875. The van der Waals surface area contributed by atoms with Crippen molar-refractivity contribution in [2.24, 2.45) is 0 Å². The number of ether oxygens (including phenoxy) is 11. The maximum Gasteiger partial charge on any atom is 0.217 e. The van der Waals surface area contributed by atoms with Crippen LogP contribution in [-0.4, -0.2) is 330 Å². The number of amides is 6. The second-order valence-electron chi connectivity index (χ2n) is 21.2. The number of carbonyl (C=O) groups excluding carboxylic acids is 6. The summed E-state index contributed by atoms with van der Waals surface area (Å²) in [5, 5.41) is 168. The predicted molar refractivity (Wildman–Crippen MR) is 269 cm³/mol. The summed E-state index contributed by atoms with van der Waals surface area (Å²) in [5.74, 6) is -4.75. The standard InChI is InChI=1S/C48H80N6O31/c1-13(61)49-25-33(69)38(20(8-56)75-43(25)74)81-45-27(51-15(3)63)35(71)40(22(10-58)77-45)83-47-29(53-17(5)65)37(73)42(24(12-60)79-47)85-48-30(54-18(6)66)36(72)41(23(11-59)80-48)84-46-28(52-16(4)64)34(70)39(21(9-57)78-46)82-44-26(50-14(2)62)32(68)31(67)19(7-55)76-44/h19-48,55-60,67-74H,7-12H2,1-6H3,(H,49,61)(H,50,62)(H,51,63)(H,52,64)(H,53,65)(H,54,66)/t19-,20-,21-,22-,23-,24-,25-,26-,27-,28-,29-,30-,31-,32-,33-,34-,35-,36-,37-,38?,39?,40?,41?,42?,43+,44-,45-,46-,47+,48-/m1/s1. The Morgan fingerprint density at radius 2 is 0.471 bits per heavy atom. The van der Waals surface area contributed by atoms with Gasteiger partial charge in [0.1, 0.15) is 146 Å². The lowest BCUT2D eigenvalue weighted by Gasteiger charge is -2.51. The number of hydrogen-bond donors (Lipinski definition) is 20. The second-order valence-corrected chi connectivity index (χ2v) is 21.2. The molecule has 0 aromatic rings. The van der Waals surface area contributed by atoms with Crippen LogP contribution in [0.4, 0.5) is 0 Å². The molecule has 0 saturated carbocycles. The summed E-state index contributed by atoms with van der Waals surface area (Å²) in [5.41, 5.74) is 0. The van der Waals surface area contributed by atoms with E-state index in [1.807, 2.05) is 0 Å². The first-order chi connectivity index (χ1) is 40.1. The Kier molecular flexibility index (Phi) is 25.4. The van der Waals surface area contributed by atoms with Crippen LogP contribution < -0.4 is 31.9 Å². The summed E-state index contributed by atoms with van der Waals surface area (Å²) >= 11 is 0. The smallest absolute Gasteiger partial charge is 0.217 e. The first-order valence-corrected chi connectivity index (χ1v) is 27.1. The Bertz CT molecular complexity index is 2230. The molecular weight excluding hydrogens is 1160 g/mol. The molecule has 5 unspecified atom stereocenters. The number of rotatable bonds is 22. The lowest BCUT2D eigenvalue weighted by molar-refractivity contribution is -0.370. The Hall–Kier alpha value is -4.18. The minimum Gasteiger partial charge on any atom is -0.394 e. The molecule has 37 nitrogen and oxygen atoms in total. The number of aliphatic hydroxyl groups is 14. The molecule has 6 heterocycles. The van der Waals surface area contributed by atoms with Gasteiger partial charge in [-0.05, 0) is 0 Å². The molecule has 20 N–H and O–H groups in total. The average Bonchev–Trinajstić information content (AvgIpc) is 2.64. The van der Waals surface area contributed by atoms with Crippen LogP contribution in [0.5, 0.6) is 0 Å². The number of carbonyl (C=O) groups is 6. The van der Waals surface area contributed by atoms with Crippen molar-refractivity contribution < 1.29 is 152 Å². The molecule has 6 aliphatic rings. The van der Waals surface area contributed by atoms with E-state index in [0.29, 0.717) is 0 Å². The maximum atomic E-state index is 12.8. The van der Waals surface area contributed by atoms with Crippen LogP contribution in [0.3, 0.4) is 0 Å². The lowest BCUT2D eigenvalue weighted by Crippen LogP contribution is -2.72. The van der Waals surface area contributed by atoms with Gasteiger partial charge in [-0.3, -0.25) is 28.8 Å². The SMILES string of the molecule is CC(=O)N[C@H]1[C@@H](OC2[C@@H](CO)O[C@H](OC3[C@@H](CO)O[C@H](OC4[C@@H](CO)O[C@@H](OC5[C@@H](CO)O[C@H](OC6[C@@H](CO)O[C@H](O)[C@H](NC(C)=O)[C@H]6O)[C@H](NC(C)=O)[C@H]5O)[C@H](NC(C)=O)[C@H]4O)[C@H](NC(C)=O)[C@H]3O)[C@H](NC(C)=O)[C@H]2O)O[C@H](CO)[C@@H](O)[C@@H]1O. The van der Waals surface area contributed by atoms with Gasteiger partial charge in [0, 0.05) is 41.5 Å². The van der Waals surface area contributed by atoms with Gasteiger partial charge in [-0.25, -0.2) is 0 Å². The highest BCUT2D eigenvalue weighted by Crippen LogP contribution is 2.37. The molecule has 6 rings (SSSR count). The van der Waals surface area contributed by atoms with Crippen LogP contribution in [0.2, 0.25) is 0 Å². The van der Waals surface area contributed by atoms with Gasteiger partial charge in [-0.15, -0.1) is 0 Å². The summed E-state index contributed by atoms with van der Waals surface area (Å²) in [6, 6.07) is -10.0. The molecule has 0 aromatic carbocycles. The maximum absolute atomic E-state index is 12.8. The van der Waals surface area contributed by atoms with Crippen molar-refractivity contribution in [3.05, 3.63) is 0 Å². The Balaban J connectivity index is 1.23. The Morgan fingerprint density at radius 3 is 0.694 bits per heavy atom. The van der Waals surface area contributed by atoms with Gasteiger partial charge in [-0.2, -0.15) is 0 Å². The molecular formula is C48H80N6O31. The van der Waals surface area contributed by atoms with Crippen molar-refractivity contribution in [1.82, 2.24) is 31.9 Å². The Labute approximate surface area is 483 Å². The van der Waals surface area contributed by atoms with Gasteiger partial charge in [0.05, 0.1) is 39.6 Å². The van der Waals surface area contributed by atoms with E-state index in [-0.39, 0.29) is 0 Å². The molecule has 0 aromatic heterocycles. The average molecular weight is 1240 g/mol. The third-order valence-corrected chi connectivity index (χ3v) is 14.8. The van der Waals surface area contributed by atoms with Crippen LogP contribution in [0, 0.1) is 0 Å². The molecule has 85 heavy (non-hydrogen) atoms. The van der Waals surface area contributed by atoms with Crippen LogP contribution in [-0.2, 0) is 80.9 Å². The van der Waals surface area contributed by atoms with E-state index in [0.717, 1.165) is 41.5 Å². The van der Waals surface area contributed by atoms with E-state index < -0.39 is 259 Å². The molecule has 37 heteroatoms. The summed E-state index contributed by atoms with van der Waals surface area (Å²) in [4.78, 5) is 74.9. The lowest BCUT2D eigenvalue weighted by atomic mass is 9.92. The molecule has 6 amide bonds. The van der Waals surface area contributed by atoms with Crippen molar-refractivity contribution in [2.75, 3.05) is 39.6 Å². The highest BCUT2D eigenvalue weighted by atomic mass is 16.8. The topological polar surface area (TPSA) is 559 Å². The largest absolute Gasteiger partial charge is 0.394 e. The fourth-order valence-electron chi connectivity index (χ4n) is 11.0. The van der Waals surface area contributed by atoms with Crippen molar-refractivity contribution in [1.29, 1.82) is 0 Å². The molecule has 0 spiro atoms. The zero-order valence-electron chi connectivity index (χ0n) is 46.8. The number of aliphatic hydroxyl groups excluding tert-OH is 14. The summed E-state index contributed by atoms with van der Waals surface area (Å²) < 4.78 is 65.4. The summed E-state index contributed by atoms with van der Waals surface area (Å²) in [6.07, 6.45) is -43.4. The summed E-state index contributed by atoms with van der Waals surface area (Å²) in [6.45, 7) is 0.406. The quantitative estimate of drug-likeness (QED) is 0.0479. The second kappa shape index (κ2) is 30.8. The monoisotopic (exact) mass is 1240 g/mol. The molecule has 6 saturated heterocycles. The van der Waals surface area contributed by atoms with E-state index in [4.69, 9.17) is 52.1 Å². The van der Waals surface area contributed by atoms with Gasteiger partial charge in [0.2, 0.25) is 35.4 Å². The normalized spacial score (nSPS) is 44.0. The van der Waals surface area contributed by atoms with Gasteiger partial charge < -0.3 is 155 Å². The number of nitrogens with one attached hydrogen (secondary N) is 6. The van der Waals surface area contributed by atoms with Crippen molar-refractivity contribution in [3.63, 3.8) is 0 Å². The predicted octanol–water partition coefficient (Wildman–Crippen LogP) is -13.2. The highest BCUT2D eigenvalue weighted by Gasteiger charge is 2.59. The summed E-state index contributed by atoms with van der Waals surface area (Å²) in [7, 11) is 0. The van der Waals surface area contributed by atoms with E-state index in [1.54, 1.807) is 0 Å². The minimum absolute atomic E-state index is 0.705. The van der Waals surface area contributed by atoms with Crippen molar-refractivity contribution in [2.45, 2.75) is 225 Å². The highest BCUT2D eigenvalue weighted by molar-refractivity contribution is 5.75. The van der Waals surface area contributed by atoms with Crippen LogP contribution >= 0.6 is 0 Å². The third-order valence-electron chi connectivity index (χ3n) is 14.8. The van der Waals surface area contributed by atoms with E-state index >= 15 is 0 Å². The third kappa shape index (κ3) is 16.4. The molecule has 6 aliphatic heterocycles. The van der Waals surface area contributed by atoms with E-state index in [1.165, 1.54) is 0 Å². The van der Waals surface area contributed by atoms with Crippen molar-refractivity contribution >= 4 is 35.4 Å². The molecule has 488 valence electrons. The van der Waals surface area contributed by atoms with Crippen LogP contribution in [0.15, 0.2) is 0 Å². The molecule has 0 aliphatic carbocycles. The van der Waals surface area contributed by atoms with Crippen LogP contribution in [0.25, 0.3) is 0 Å². The van der Waals surface area contributed by atoms with E-state index in [2.05, 4.69) is 31.9 Å². The Morgan fingerprint density at radius 1 is 0.282 bits per heavy atom. The fourth-order valence-corrected chi connectivity index (χ4v) is 11.0. The van der Waals surface area contributed by atoms with Gasteiger partial charge in [0.25, 0.3) is 0 Å².